The van der Waals surface area contributed by atoms with Gasteiger partial charge in [-0.15, -0.1) is 0 Å². The third kappa shape index (κ3) is 3.31. The van der Waals surface area contributed by atoms with Gasteiger partial charge in [-0.05, 0) is 53.4 Å². The van der Waals surface area contributed by atoms with Crippen molar-refractivity contribution in [2.75, 3.05) is 20.3 Å². The summed E-state index contributed by atoms with van der Waals surface area (Å²) in [5.74, 6) is 1.83. The summed E-state index contributed by atoms with van der Waals surface area (Å²) >= 11 is 0. The third-order valence-electron chi connectivity index (χ3n) is 9.88. The fraction of sp³-hybridized carbons (Fsp3) is 0.581. The first-order valence-corrected chi connectivity index (χ1v) is 13.6. The van der Waals surface area contributed by atoms with Crippen molar-refractivity contribution >= 4 is 5.71 Å². The summed E-state index contributed by atoms with van der Waals surface area (Å²) in [7, 11) is 1.75. The van der Waals surface area contributed by atoms with Gasteiger partial charge in [-0.3, -0.25) is 0 Å². The van der Waals surface area contributed by atoms with E-state index in [1.54, 1.807) is 7.11 Å². The highest BCUT2D eigenvalue weighted by atomic mass is 16.7. The summed E-state index contributed by atoms with van der Waals surface area (Å²) in [6.07, 6.45) is 4.28. The molecular formula is C31H37NO4. The highest BCUT2D eigenvalue weighted by Gasteiger charge is 2.65. The first-order chi connectivity index (χ1) is 17.3. The Kier molecular flexibility index (Phi) is 4.95. The van der Waals surface area contributed by atoms with Gasteiger partial charge >= 0.3 is 0 Å². The van der Waals surface area contributed by atoms with E-state index in [9.17, 15) is 0 Å². The number of benzene rings is 2. The number of fused-ring (bicyclic) bond motifs is 8. The zero-order valence-electron chi connectivity index (χ0n) is 21.8. The smallest absolute Gasteiger partial charge is 0.169 e. The van der Waals surface area contributed by atoms with E-state index in [4.69, 9.17) is 24.2 Å². The average Bonchev–Trinajstić information content (AvgIpc) is 3.45. The molecule has 36 heavy (non-hydrogen) atoms. The minimum atomic E-state index is -0.457. The lowest BCUT2D eigenvalue weighted by Gasteiger charge is -2.51. The van der Waals surface area contributed by atoms with Crippen molar-refractivity contribution in [2.45, 2.75) is 70.2 Å². The van der Waals surface area contributed by atoms with Crippen LogP contribution in [0, 0.1) is 22.7 Å². The second-order valence-corrected chi connectivity index (χ2v) is 12.9. The molecular weight excluding hydrogens is 450 g/mol. The quantitative estimate of drug-likeness (QED) is 0.501. The SMILES string of the molecule is COc1ccc2c(c1)[C@H]1C(c3ccccc3)=NO[C@H]1[C@@H]1[C@@H]2CC[C@]2(C)CC3(C[C@@H]12)OCC(C)(C)CO3. The van der Waals surface area contributed by atoms with Gasteiger partial charge in [-0.2, -0.15) is 0 Å². The lowest BCUT2D eigenvalue weighted by Crippen LogP contribution is -2.48. The molecule has 0 bridgehead atoms. The topological polar surface area (TPSA) is 49.3 Å². The van der Waals surface area contributed by atoms with E-state index < -0.39 is 5.79 Å². The number of ether oxygens (including phenoxy) is 3. The molecule has 1 spiro atoms. The van der Waals surface area contributed by atoms with Crippen molar-refractivity contribution in [1.82, 2.24) is 0 Å². The van der Waals surface area contributed by atoms with Gasteiger partial charge in [0, 0.05) is 29.7 Å². The fourth-order valence-electron chi connectivity index (χ4n) is 8.15. The van der Waals surface area contributed by atoms with E-state index >= 15 is 0 Å². The Morgan fingerprint density at radius 2 is 1.75 bits per heavy atom. The molecule has 2 aromatic carbocycles. The van der Waals surface area contributed by atoms with Crippen molar-refractivity contribution in [2.24, 2.45) is 27.8 Å². The van der Waals surface area contributed by atoms with Gasteiger partial charge in [0.15, 0.2) is 5.79 Å². The van der Waals surface area contributed by atoms with E-state index in [1.165, 1.54) is 17.5 Å². The van der Waals surface area contributed by atoms with Crippen LogP contribution >= 0.6 is 0 Å². The number of rotatable bonds is 2. The molecule has 2 aromatic rings. The molecule has 190 valence electrons. The van der Waals surface area contributed by atoms with Gasteiger partial charge in [-0.1, -0.05) is 62.3 Å². The predicted octanol–water partition coefficient (Wildman–Crippen LogP) is 6.27. The highest BCUT2D eigenvalue weighted by Crippen LogP contribution is 2.67. The number of nitrogens with zero attached hydrogens (tertiary/aromatic N) is 1. The Hall–Kier alpha value is -2.37. The average molecular weight is 488 g/mol. The van der Waals surface area contributed by atoms with Crippen LogP contribution in [0.25, 0.3) is 0 Å². The molecule has 5 nitrogen and oxygen atoms in total. The van der Waals surface area contributed by atoms with Crippen LogP contribution in [0.2, 0.25) is 0 Å². The highest BCUT2D eigenvalue weighted by molar-refractivity contribution is 6.06. The summed E-state index contributed by atoms with van der Waals surface area (Å²) in [4.78, 5) is 6.45. The Morgan fingerprint density at radius 1 is 0.972 bits per heavy atom. The van der Waals surface area contributed by atoms with Gasteiger partial charge in [-0.25, -0.2) is 0 Å². The van der Waals surface area contributed by atoms with Gasteiger partial charge in [0.1, 0.15) is 11.9 Å². The zero-order chi connectivity index (χ0) is 24.7. The number of hydrogen-bond donors (Lipinski definition) is 0. The fourth-order valence-corrected chi connectivity index (χ4v) is 8.15. The van der Waals surface area contributed by atoms with E-state index in [0.29, 0.717) is 17.8 Å². The summed E-state index contributed by atoms with van der Waals surface area (Å²) < 4.78 is 18.8. The predicted molar refractivity (Wildman–Crippen MR) is 138 cm³/mol. The van der Waals surface area contributed by atoms with Gasteiger partial charge in [0.2, 0.25) is 0 Å². The molecule has 0 amide bonds. The Morgan fingerprint density at radius 3 is 2.50 bits per heavy atom. The number of hydrogen-bond acceptors (Lipinski definition) is 5. The van der Waals surface area contributed by atoms with Crippen LogP contribution in [-0.2, 0) is 14.3 Å². The van der Waals surface area contributed by atoms with E-state index in [-0.39, 0.29) is 22.9 Å². The monoisotopic (exact) mass is 487 g/mol. The normalized spacial score (nSPS) is 37.2. The second kappa shape index (κ2) is 7.82. The molecule has 2 saturated carbocycles. The molecule has 6 atom stereocenters. The molecule has 2 heterocycles. The summed E-state index contributed by atoms with van der Waals surface area (Å²) in [5, 5.41) is 4.77. The Bertz CT molecular complexity index is 1200. The van der Waals surface area contributed by atoms with Crippen molar-refractivity contribution < 1.29 is 19.0 Å². The lowest BCUT2D eigenvalue weighted by atomic mass is 9.53. The largest absolute Gasteiger partial charge is 0.497 e. The Balaban J connectivity index is 1.30. The molecule has 3 fully saturated rings. The summed E-state index contributed by atoms with van der Waals surface area (Å²) in [6.45, 7) is 8.45. The van der Waals surface area contributed by atoms with E-state index in [2.05, 4.69) is 69.3 Å². The molecule has 3 aliphatic carbocycles. The number of methoxy groups -OCH3 is 1. The zero-order valence-corrected chi connectivity index (χ0v) is 21.8. The van der Waals surface area contributed by atoms with Crippen LogP contribution in [0.5, 0.6) is 5.75 Å². The molecule has 0 N–H and O–H groups in total. The van der Waals surface area contributed by atoms with Crippen LogP contribution in [0.3, 0.4) is 0 Å². The minimum Gasteiger partial charge on any atom is -0.497 e. The summed E-state index contributed by atoms with van der Waals surface area (Å²) in [6, 6.07) is 17.2. The molecule has 1 saturated heterocycles. The molecule has 7 rings (SSSR count). The first-order valence-electron chi connectivity index (χ1n) is 13.6. The van der Waals surface area contributed by atoms with Gasteiger partial charge in [0.05, 0.1) is 32.0 Å². The maximum atomic E-state index is 6.57. The van der Waals surface area contributed by atoms with Crippen LogP contribution in [0.15, 0.2) is 53.7 Å². The molecule has 0 radical (unpaired) electrons. The molecule has 5 aliphatic rings. The van der Waals surface area contributed by atoms with E-state index in [1.807, 2.05) is 0 Å². The summed E-state index contributed by atoms with van der Waals surface area (Å²) in [5.41, 5.74) is 5.20. The second-order valence-electron chi connectivity index (χ2n) is 12.9. The van der Waals surface area contributed by atoms with Crippen LogP contribution < -0.4 is 4.74 Å². The Labute approximate surface area is 214 Å². The minimum absolute atomic E-state index is 0.0182. The first kappa shape index (κ1) is 22.8. The standard InChI is InChI=1S/C31H37NO4/c1-29(2)17-34-31(35-18-29)15-24-25-22(12-13-30(24,3)16-31)21-11-10-20(33-4)14-23(21)26-27(32-36-28(25)26)19-8-6-5-7-9-19/h5-11,14,22,24-26,28H,12-13,15-18H2,1-4H3/t22-,24+,25-,26+,28+,30-/m1/s1. The van der Waals surface area contributed by atoms with Crippen molar-refractivity contribution in [3.8, 4) is 5.75 Å². The van der Waals surface area contributed by atoms with Gasteiger partial charge in [0.25, 0.3) is 0 Å². The van der Waals surface area contributed by atoms with Crippen LogP contribution in [0.1, 0.15) is 75.0 Å². The van der Waals surface area contributed by atoms with Crippen LogP contribution in [-0.4, -0.2) is 37.9 Å². The van der Waals surface area contributed by atoms with Crippen molar-refractivity contribution in [3.05, 3.63) is 65.2 Å². The molecule has 2 aliphatic heterocycles. The maximum Gasteiger partial charge on any atom is 0.169 e. The van der Waals surface area contributed by atoms with Crippen molar-refractivity contribution in [1.29, 1.82) is 0 Å². The molecule has 0 unspecified atom stereocenters. The molecule has 5 heteroatoms. The maximum absolute atomic E-state index is 6.57. The van der Waals surface area contributed by atoms with Crippen molar-refractivity contribution in [3.63, 3.8) is 0 Å². The third-order valence-corrected chi connectivity index (χ3v) is 9.88. The van der Waals surface area contributed by atoms with Crippen LogP contribution in [0.4, 0.5) is 0 Å². The number of oxime groups is 1. The van der Waals surface area contributed by atoms with Gasteiger partial charge < -0.3 is 19.0 Å². The lowest BCUT2D eigenvalue weighted by molar-refractivity contribution is -0.298. The molecule has 0 aromatic heterocycles. The van der Waals surface area contributed by atoms with E-state index in [0.717, 1.165) is 49.5 Å².